The fourth-order valence-corrected chi connectivity index (χ4v) is 4.44. The number of piperidine rings is 1. The number of fused-ring (bicyclic) bond motifs is 1. The molecule has 4 rings (SSSR count). The van der Waals surface area contributed by atoms with Gasteiger partial charge >= 0.3 is 0 Å². The number of carbonyl (C=O) groups excluding carboxylic acids is 2. The van der Waals surface area contributed by atoms with Crippen LogP contribution >= 0.6 is 0 Å². The summed E-state index contributed by atoms with van der Waals surface area (Å²) in [6.45, 7) is 5.64. The molecule has 0 saturated carbocycles. The van der Waals surface area contributed by atoms with Crippen LogP contribution in [0.3, 0.4) is 0 Å². The fourth-order valence-electron chi connectivity index (χ4n) is 4.44. The first-order chi connectivity index (χ1) is 17.9. The van der Waals surface area contributed by atoms with Crippen molar-refractivity contribution in [1.29, 1.82) is 0 Å². The lowest BCUT2D eigenvalue weighted by Crippen LogP contribution is -2.44. The zero-order chi connectivity index (χ0) is 26.4. The van der Waals surface area contributed by atoms with Crippen LogP contribution in [0.2, 0.25) is 0 Å². The van der Waals surface area contributed by atoms with Crippen molar-refractivity contribution in [2.75, 3.05) is 31.1 Å². The minimum atomic E-state index is -0.406. The summed E-state index contributed by atoms with van der Waals surface area (Å²) < 4.78 is 8.58. The number of benzene rings is 1. The predicted octanol–water partition coefficient (Wildman–Crippen LogP) is 1.49. The molecule has 1 atom stereocenters. The van der Waals surface area contributed by atoms with Crippen molar-refractivity contribution in [2.45, 2.75) is 45.8 Å². The van der Waals surface area contributed by atoms with Crippen molar-refractivity contribution in [3.8, 4) is 5.75 Å². The molecule has 1 fully saturated rings. The van der Waals surface area contributed by atoms with E-state index in [1.807, 2.05) is 30.6 Å². The number of anilines is 1. The number of hydrogen-bond donors (Lipinski definition) is 2. The SMILES string of the molecule is CC=CCn1c(N2CCCC(N)C2)nc2cnn(CC(=O)c3ccccc3OCC(=O)NCC)c(=O)c21. The number of rotatable bonds is 10. The second kappa shape index (κ2) is 11.8. The Morgan fingerprint density at radius 1 is 1.30 bits per heavy atom. The van der Waals surface area contributed by atoms with Crippen LogP contribution in [0.15, 0.2) is 47.4 Å². The van der Waals surface area contributed by atoms with Crippen molar-refractivity contribution in [3.63, 3.8) is 0 Å². The van der Waals surface area contributed by atoms with Gasteiger partial charge in [0.15, 0.2) is 12.4 Å². The molecule has 1 amide bonds. The number of aromatic nitrogens is 4. The normalized spacial score (nSPS) is 15.9. The number of nitrogens with two attached hydrogens (primary N) is 1. The van der Waals surface area contributed by atoms with E-state index in [1.54, 1.807) is 24.3 Å². The number of nitrogens with one attached hydrogen (secondary N) is 1. The molecule has 1 aliphatic rings. The number of hydrogen-bond acceptors (Lipinski definition) is 8. The molecule has 2 aromatic heterocycles. The lowest BCUT2D eigenvalue weighted by atomic mass is 10.1. The molecule has 3 aromatic rings. The lowest BCUT2D eigenvalue weighted by Gasteiger charge is -2.31. The maximum absolute atomic E-state index is 13.5. The number of allylic oxidation sites excluding steroid dienone is 2. The van der Waals surface area contributed by atoms with Gasteiger partial charge in [0.05, 0.1) is 11.8 Å². The maximum Gasteiger partial charge on any atom is 0.293 e. The zero-order valence-electron chi connectivity index (χ0n) is 21.2. The van der Waals surface area contributed by atoms with Crippen LogP contribution in [-0.4, -0.2) is 63.3 Å². The topological polar surface area (TPSA) is 137 Å². The zero-order valence-corrected chi connectivity index (χ0v) is 21.2. The van der Waals surface area contributed by atoms with Gasteiger partial charge in [0.1, 0.15) is 23.3 Å². The van der Waals surface area contributed by atoms with Gasteiger partial charge < -0.3 is 25.3 Å². The molecule has 0 spiro atoms. The number of ether oxygens (including phenoxy) is 1. The number of para-hydroxylation sites is 1. The molecule has 1 unspecified atom stereocenters. The summed E-state index contributed by atoms with van der Waals surface area (Å²) in [6, 6.07) is 6.69. The highest BCUT2D eigenvalue weighted by atomic mass is 16.5. The summed E-state index contributed by atoms with van der Waals surface area (Å²) in [5.41, 5.74) is 6.91. The second-order valence-electron chi connectivity index (χ2n) is 8.94. The first-order valence-corrected chi connectivity index (χ1v) is 12.5. The Labute approximate surface area is 214 Å². The Bertz CT molecular complexity index is 1360. The highest BCUT2D eigenvalue weighted by Crippen LogP contribution is 2.24. The lowest BCUT2D eigenvalue weighted by molar-refractivity contribution is -0.123. The minimum absolute atomic E-state index is 0.0477. The molecule has 37 heavy (non-hydrogen) atoms. The van der Waals surface area contributed by atoms with Crippen molar-refractivity contribution < 1.29 is 14.3 Å². The van der Waals surface area contributed by atoms with Crippen LogP contribution in [0.4, 0.5) is 5.95 Å². The number of imidazole rings is 1. The molecular formula is C26H33N7O4. The van der Waals surface area contributed by atoms with Gasteiger partial charge in [0.25, 0.3) is 11.5 Å². The number of likely N-dealkylation sites (N-methyl/N-ethyl adjacent to an activating group) is 1. The molecule has 0 bridgehead atoms. The van der Waals surface area contributed by atoms with E-state index in [2.05, 4.69) is 15.3 Å². The van der Waals surface area contributed by atoms with E-state index in [0.29, 0.717) is 36.6 Å². The summed E-state index contributed by atoms with van der Waals surface area (Å²) in [7, 11) is 0. The van der Waals surface area contributed by atoms with Gasteiger partial charge in [0.2, 0.25) is 5.95 Å². The van der Waals surface area contributed by atoms with Gasteiger partial charge in [-0.05, 0) is 38.8 Å². The van der Waals surface area contributed by atoms with Crippen LogP contribution in [-0.2, 0) is 17.9 Å². The van der Waals surface area contributed by atoms with E-state index >= 15 is 0 Å². The van der Waals surface area contributed by atoms with Gasteiger partial charge in [-0.15, -0.1) is 0 Å². The van der Waals surface area contributed by atoms with E-state index < -0.39 is 5.56 Å². The molecule has 196 valence electrons. The van der Waals surface area contributed by atoms with Crippen LogP contribution in [0, 0.1) is 0 Å². The molecule has 0 radical (unpaired) electrons. The first-order valence-electron chi connectivity index (χ1n) is 12.5. The first kappa shape index (κ1) is 26.1. The molecule has 0 aliphatic carbocycles. The Morgan fingerprint density at radius 3 is 2.86 bits per heavy atom. The predicted molar refractivity (Wildman–Crippen MR) is 141 cm³/mol. The van der Waals surface area contributed by atoms with Crippen LogP contribution < -0.4 is 26.2 Å². The van der Waals surface area contributed by atoms with Gasteiger partial charge in [-0.2, -0.15) is 5.10 Å². The number of Topliss-reactive ketones (excluding diaryl/α,β-unsaturated/α-hetero) is 1. The largest absolute Gasteiger partial charge is 0.483 e. The summed E-state index contributed by atoms with van der Waals surface area (Å²) in [6.07, 6.45) is 7.29. The van der Waals surface area contributed by atoms with Gasteiger partial charge in [-0.3, -0.25) is 14.4 Å². The minimum Gasteiger partial charge on any atom is -0.483 e. The van der Waals surface area contributed by atoms with E-state index in [0.717, 1.165) is 24.1 Å². The third-order valence-corrected chi connectivity index (χ3v) is 6.21. The average molecular weight is 508 g/mol. The Morgan fingerprint density at radius 2 is 2.11 bits per heavy atom. The van der Waals surface area contributed by atoms with Gasteiger partial charge in [0, 0.05) is 32.2 Å². The molecule has 3 N–H and O–H groups in total. The highest BCUT2D eigenvalue weighted by Gasteiger charge is 2.25. The van der Waals surface area contributed by atoms with Crippen molar-refractivity contribution in [3.05, 3.63) is 58.5 Å². The van der Waals surface area contributed by atoms with Crippen LogP contribution in [0.5, 0.6) is 5.75 Å². The standard InChI is InChI=1S/C26H33N7O4/c1-3-5-13-32-24-20(30-26(32)31-12-8-9-18(27)15-31)14-29-33(25(24)36)16-21(34)19-10-6-7-11-22(19)37-17-23(35)28-4-2/h3,5-7,10-11,14,18H,4,8-9,12-13,15-17,27H2,1-2H3,(H,28,35). The highest BCUT2D eigenvalue weighted by molar-refractivity contribution is 5.98. The molecule has 1 aromatic carbocycles. The Hall–Kier alpha value is -3.99. The molecule has 11 heteroatoms. The van der Waals surface area contributed by atoms with Gasteiger partial charge in [-0.1, -0.05) is 24.3 Å². The smallest absolute Gasteiger partial charge is 0.293 e. The number of nitrogens with zero attached hydrogens (tertiary/aromatic N) is 5. The summed E-state index contributed by atoms with van der Waals surface area (Å²) >= 11 is 0. The van der Waals surface area contributed by atoms with Crippen molar-refractivity contribution >= 4 is 28.7 Å². The number of ketones is 1. The van der Waals surface area contributed by atoms with Gasteiger partial charge in [-0.25, -0.2) is 9.67 Å². The molecule has 1 aliphatic heterocycles. The van der Waals surface area contributed by atoms with Crippen molar-refractivity contribution in [1.82, 2.24) is 24.6 Å². The van der Waals surface area contributed by atoms with E-state index in [9.17, 15) is 14.4 Å². The maximum atomic E-state index is 13.5. The fraction of sp³-hybridized carbons (Fsp3) is 0.423. The van der Waals surface area contributed by atoms with E-state index in [-0.39, 0.29) is 42.2 Å². The molecular weight excluding hydrogens is 474 g/mol. The van der Waals surface area contributed by atoms with E-state index in [4.69, 9.17) is 15.5 Å². The Kier molecular flexibility index (Phi) is 8.34. The second-order valence-corrected chi connectivity index (χ2v) is 8.94. The molecule has 3 heterocycles. The summed E-state index contributed by atoms with van der Waals surface area (Å²) in [5.74, 6) is 0.306. The number of amides is 1. The number of carbonyl (C=O) groups is 2. The van der Waals surface area contributed by atoms with Crippen LogP contribution in [0.1, 0.15) is 37.0 Å². The van der Waals surface area contributed by atoms with Crippen molar-refractivity contribution in [2.24, 2.45) is 5.73 Å². The molecule has 1 saturated heterocycles. The van der Waals surface area contributed by atoms with E-state index in [1.165, 1.54) is 6.20 Å². The quantitative estimate of drug-likeness (QED) is 0.311. The Balaban J connectivity index is 1.65. The summed E-state index contributed by atoms with van der Waals surface area (Å²) in [4.78, 5) is 45.4. The average Bonchev–Trinajstić information content (AvgIpc) is 3.27. The molecule has 11 nitrogen and oxygen atoms in total. The monoisotopic (exact) mass is 507 g/mol. The third-order valence-electron chi connectivity index (χ3n) is 6.21. The summed E-state index contributed by atoms with van der Waals surface area (Å²) in [5, 5.41) is 6.89. The third kappa shape index (κ3) is 5.88. The van der Waals surface area contributed by atoms with Crippen LogP contribution in [0.25, 0.3) is 11.0 Å².